The van der Waals surface area contributed by atoms with Crippen molar-refractivity contribution in [3.63, 3.8) is 0 Å². The molecule has 9 nitrogen and oxygen atoms in total. The van der Waals surface area contributed by atoms with E-state index < -0.39 is 36.0 Å². The van der Waals surface area contributed by atoms with E-state index in [1.807, 2.05) is 0 Å². The lowest BCUT2D eigenvalue weighted by molar-refractivity contribution is -0.123. The van der Waals surface area contributed by atoms with Crippen molar-refractivity contribution in [3.8, 4) is 0 Å². The molecule has 2 rings (SSSR count). The zero-order valence-corrected chi connectivity index (χ0v) is 15.7. The maximum atomic E-state index is 12.3. The number of furan rings is 1. The first-order valence-electron chi connectivity index (χ1n) is 8.39. The molecule has 0 aliphatic rings. The average Bonchev–Trinajstić information content (AvgIpc) is 3.13. The SMILES string of the molecule is CC(C)(C)NC(=O)NC(=O)COC(=O)c1ccccc1NC(=O)c1ccco1. The number of amides is 4. The van der Waals surface area contributed by atoms with Gasteiger partial charge >= 0.3 is 12.0 Å². The third kappa shape index (κ3) is 6.27. The zero-order valence-electron chi connectivity index (χ0n) is 15.7. The number of rotatable bonds is 5. The largest absolute Gasteiger partial charge is 0.459 e. The maximum Gasteiger partial charge on any atom is 0.340 e. The minimum Gasteiger partial charge on any atom is -0.459 e. The van der Waals surface area contributed by atoms with Crippen LogP contribution in [0.4, 0.5) is 10.5 Å². The Hall–Kier alpha value is -3.62. The van der Waals surface area contributed by atoms with Gasteiger partial charge in [-0.15, -0.1) is 0 Å². The number of carbonyl (C=O) groups is 4. The van der Waals surface area contributed by atoms with Gasteiger partial charge in [0, 0.05) is 5.54 Å². The highest BCUT2D eigenvalue weighted by molar-refractivity contribution is 6.07. The molecule has 0 radical (unpaired) electrons. The van der Waals surface area contributed by atoms with Crippen LogP contribution in [0.25, 0.3) is 0 Å². The minimum absolute atomic E-state index is 0.0503. The van der Waals surface area contributed by atoms with E-state index in [4.69, 9.17) is 9.15 Å². The van der Waals surface area contributed by atoms with Gasteiger partial charge in [-0.1, -0.05) is 12.1 Å². The van der Waals surface area contributed by atoms with Gasteiger partial charge in [0.15, 0.2) is 12.4 Å². The molecule has 1 aromatic carbocycles. The van der Waals surface area contributed by atoms with Crippen molar-refractivity contribution < 1.29 is 28.3 Å². The van der Waals surface area contributed by atoms with Gasteiger partial charge in [0.25, 0.3) is 11.8 Å². The van der Waals surface area contributed by atoms with Crippen LogP contribution in [-0.2, 0) is 9.53 Å². The quantitative estimate of drug-likeness (QED) is 0.676. The number of ether oxygens (including phenoxy) is 1. The molecule has 2 aromatic rings. The summed E-state index contributed by atoms with van der Waals surface area (Å²) in [6.45, 7) is 4.61. The Morgan fingerprint density at radius 3 is 2.39 bits per heavy atom. The van der Waals surface area contributed by atoms with Crippen molar-refractivity contribution in [2.75, 3.05) is 11.9 Å². The lowest BCUT2D eigenvalue weighted by Gasteiger charge is -2.20. The molecular weight excluding hydrogens is 366 g/mol. The third-order valence-electron chi connectivity index (χ3n) is 3.22. The molecule has 3 N–H and O–H groups in total. The predicted molar refractivity (Wildman–Crippen MR) is 99.8 cm³/mol. The topological polar surface area (TPSA) is 127 Å². The number of nitrogens with one attached hydrogen (secondary N) is 3. The van der Waals surface area contributed by atoms with Gasteiger partial charge in [-0.3, -0.25) is 14.9 Å². The third-order valence-corrected chi connectivity index (χ3v) is 3.22. The van der Waals surface area contributed by atoms with Crippen molar-refractivity contribution in [2.45, 2.75) is 26.3 Å². The number of urea groups is 1. The van der Waals surface area contributed by atoms with Crippen LogP contribution in [0.3, 0.4) is 0 Å². The summed E-state index contributed by atoms with van der Waals surface area (Å²) in [5.74, 6) is -2.08. The van der Waals surface area contributed by atoms with Crippen LogP contribution in [0.15, 0.2) is 47.1 Å². The van der Waals surface area contributed by atoms with Gasteiger partial charge in [0.05, 0.1) is 17.5 Å². The fourth-order valence-corrected chi connectivity index (χ4v) is 2.11. The second-order valence-corrected chi connectivity index (χ2v) is 6.81. The second kappa shape index (κ2) is 8.85. The second-order valence-electron chi connectivity index (χ2n) is 6.81. The monoisotopic (exact) mass is 387 g/mol. The van der Waals surface area contributed by atoms with E-state index in [9.17, 15) is 19.2 Å². The van der Waals surface area contributed by atoms with E-state index in [0.717, 1.165) is 0 Å². The molecule has 0 aliphatic heterocycles. The number of imide groups is 1. The molecule has 0 saturated carbocycles. The summed E-state index contributed by atoms with van der Waals surface area (Å²) in [5, 5.41) is 7.15. The Kier molecular flexibility index (Phi) is 6.54. The van der Waals surface area contributed by atoms with E-state index in [-0.39, 0.29) is 17.0 Å². The van der Waals surface area contributed by atoms with Gasteiger partial charge in [-0.05, 0) is 45.0 Å². The van der Waals surface area contributed by atoms with Crippen LogP contribution < -0.4 is 16.0 Å². The lowest BCUT2D eigenvalue weighted by Crippen LogP contribution is -2.49. The Bertz CT molecular complexity index is 868. The van der Waals surface area contributed by atoms with Crippen LogP contribution in [0.2, 0.25) is 0 Å². The lowest BCUT2D eigenvalue weighted by atomic mass is 10.1. The Morgan fingerprint density at radius 1 is 1.04 bits per heavy atom. The minimum atomic E-state index is -0.832. The molecule has 1 aromatic heterocycles. The number of benzene rings is 1. The van der Waals surface area contributed by atoms with Crippen molar-refractivity contribution in [2.24, 2.45) is 0 Å². The summed E-state index contributed by atoms with van der Waals surface area (Å²) in [7, 11) is 0. The number of carbonyl (C=O) groups excluding carboxylic acids is 4. The molecule has 28 heavy (non-hydrogen) atoms. The molecule has 9 heteroatoms. The van der Waals surface area contributed by atoms with Gasteiger partial charge in [-0.2, -0.15) is 0 Å². The first kappa shape index (κ1) is 20.7. The highest BCUT2D eigenvalue weighted by Crippen LogP contribution is 2.17. The van der Waals surface area contributed by atoms with Crippen molar-refractivity contribution in [1.82, 2.24) is 10.6 Å². The molecule has 148 valence electrons. The van der Waals surface area contributed by atoms with Gasteiger partial charge in [0.2, 0.25) is 0 Å². The van der Waals surface area contributed by atoms with Gasteiger partial charge in [-0.25, -0.2) is 9.59 Å². The molecule has 0 spiro atoms. The zero-order chi connectivity index (χ0) is 20.7. The number of para-hydroxylation sites is 1. The summed E-state index contributed by atoms with van der Waals surface area (Å²) in [6.07, 6.45) is 1.35. The summed E-state index contributed by atoms with van der Waals surface area (Å²) in [6, 6.07) is 8.49. The molecule has 0 aliphatic carbocycles. The van der Waals surface area contributed by atoms with Gasteiger partial charge < -0.3 is 19.8 Å². The van der Waals surface area contributed by atoms with Crippen molar-refractivity contribution in [3.05, 3.63) is 54.0 Å². The fourth-order valence-electron chi connectivity index (χ4n) is 2.11. The van der Waals surface area contributed by atoms with E-state index in [0.29, 0.717) is 0 Å². The average molecular weight is 387 g/mol. The highest BCUT2D eigenvalue weighted by Gasteiger charge is 2.19. The van der Waals surface area contributed by atoms with E-state index in [1.54, 1.807) is 39.0 Å². The summed E-state index contributed by atoms with van der Waals surface area (Å²) in [5.41, 5.74) is -0.277. The van der Waals surface area contributed by atoms with Crippen molar-refractivity contribution in [1.29, 1.82) is 0 Å². The highest BCUT2D eigenvalue weighted by atomic mass is 16.5. The number of anilines is 1. The summed E-state index contributed by atoms with van der Waals surface area (Å²) < 4.78 is 9.93. The van der Waals surface area contributed by atoms with Crippen molar-refractivity contribution >= 4 is 29.5 Å². The first-order valence-corrected chi connectivity index (χ1v) is 8.39. The Balaban J connectivity index is 1.94. The number of esters is 1. The van der Waals surface area contributed by atoms with Crippen LogP contribution in [0.5, 0.6) is 0 Å². The smallest absolute Gasteiger partial charge is 0.340 e. The van der Waals surface area contributed by atoms with Crippen LogP contribution >= 0.6 is 0 Å². The van der Waals surface area contributed by atoms with Gasteiger partial charge in [0.1, 0.15) is 0 Å². The number of hydrogen-bond acceptors (Lipinski definition) is 6. The first-order chi connectivity index (χ1) is 13.2. The summed E-state index contributed by atoms with van der Waals surface area (Å²) in [4.78, 5) is 47.8. The van der Waals surface area contributed by atoms with Crippen LogP contribution in [-0.4, -0.2) is 36.0 Å². The predicted octanol–water partition coefficient (Wildman–Crippen LogP) is 2.31. The van der Waals surface area contributed by atoms with E-state index >= 15 is 0 Å². The van der Waals surface area contributed by atoms with Crippen LogP contribution in [0, 0.1) is 0 Å². The fraction of sp³-hybridized carbons (Fsp3) is 0.263. The molecular formula is C19H21N3O6. The normalized spacial score (nSPS) is 10.7. The Morgan fingerprint density at radius 2 is 1.75 bits per heavy atom. The standard InChI is InChI=1S/C19H21N3O6/c1-19(2,3)22-18(26)21-15(23)11-28-17(25)12-7-4-5-8-13(12)20-16(24)14-9-6-10-27-14/h4-10H,11H2,1-3H3,(H,20,24)(H2,21,22,23,26). The molecule has 4 amide bonds. The molecule has 0 atom stereocenters. The molecule has 1 heterocycles. The maximum absolute atomic E-state index is 12.3. The number of hydrogen-bond donors (Lipinski definition) is 3. The summed E-state index contributed by atoms with van der Waals surface area (Å²) >= 11 is 0. The molecule has 0 fully saturated rings. The van der Waals surface area contributed by atoms with E-state index in [1.165, 1.54) is 24.5 Å². The van der Waals surface area contributed by atoms with E-state index in [2.05, 4.69) is 16.0 Å². The van der Waals surface area contributed by atoms with Crippen LogP contribution in [0.1, 0.15) is 41.7 Å². The molecule has 0 bridgehead atoms. The molecule has 0 unspecified atom stereocenters. The Labute approximate surface area is 161 Å². The molecule has 0 saturated heterocycles.